The molecule has 0 spiro atoms. The van der Waals surface area contributed by atoms with Crippen molar-refractivity contribution < 1.29 is 4.79 Å². The first kappa shape index (κ1) is 22.4. The van der Waals surface area contributed by atoms with E-state index in [-0.39, 0.29) is 5.91 Å². The fourth-order valence-electron chi connectivity index (χ4n) is 2.93. The standard InChI is InChI=1S/C23H33N5O/c1-18-9-11-19(12-10-18)17-28(5)23(24-2)26-16-20-7-6-8-21(15-20)22(29)25-13-14-27(3)4/h6-12,15H,13-14,16-17H2,1-5H3,(H,24,26)(H,25,29). The van der Waals surface area contributed by atoms with Crippen LogP contribution < -0.4 is 10.6 Å². The topological polar surface area (TPSA) is 60.0 Å². The van der Waals surface area contributed by atoms with Crippen molar-refractivity contribution in [3.63, 3.8) is 0 Å². The Morgan fingerprint density at radius 3 is 2.38 bits per heavy atom. The van der Waals surface area contributed by atoms with E-state index in [2.05, 4.69) is 51.7 Å². The third-order valence-corrected chi connectivity index (χ3v) is 4.60. The van der Waals surface area contributed by atoms with Crippen LogP contribution in [0.1, 0.15) is 27.0 Å². The van der Waals surface area contributed by atoms with E-state index in [1.807, 2.05) is 50.3 Å². The van der Waals surface area contributed by atoms with Crippen molar-refractivity contribution in [1.29, 1.82) is 0 Å². The normalized spacial score (nSPS) is 11.4. The molecule has 1 amide bonds. The van der Waals surface area contributed by atoms with E-state index < -0.39 is 0 Å². The number of aryl methyl sites for hydroxylation is 1. The second-order valence-electron chi connectivity index (χ2n) is 7.50. The number of amides is 1. The van der Waals surface area contributed by atoms with Gasteiger partial charge in [0.25, 0.3) is 5.91 Å². The van der Waals surface area contributed by atoms with Crippen LogP contribution in [0.25, 0.3) is 0 Å². The van der Waals surface area contributed by atoms with Crippen molar-refractivity contribution in [1.82, 2.24) is 20.4 Å². The second-order valence-corrected chi connectivity index (χ2v) is 7.50. The number of rotatable bonds is 8. The van der Waals surface area contributed by atoms with Crippen LogP contribution in [0.15, 0.2) is 53.5 Å². The molecule has 0 atom stereocenters. The van der Waals surface area contributed by atoms with Gasteiger partial charge in [-0.25, -0.2) is 0 Å². The quantitative estimate of drug-likeness (QED) is 0.533. The number of benzene rings is 2. The van der Waals surface area contributed by atoms with Gasteiger partial charge >= 0.3 is 0 Å². The van der Waals surface area contributed by atoms with Crippen LogP contribution in [-0.2, 0) is 13.1 Å². The molecule has 29 heavy (non-hydrogen) atoms. The number of nitrogens with one attached hydrogen (secondary N) is 2. The van der Waals surface area contributed by atoms with Gasteiger partial charge in [-0.3, -0.25) is 9.79 Å². The molecule has 0 saturated heterocycles. The molecule has 156 valence electrons. The van der Waals surface area contributed by atoms with Crippen LogP contribution in [0.2, 0.25) is 0 Å². The van der Waals surface area contributed by atoms with Crippen LogP contribution in [0.3, 0.4) is 0 Å². The third kappa shape index (κ3) is 7.58. The first-order valence-electron chi connectivity index (χ1n) is 9.88. The maximum atomic E-state index is 12.3. The van der Waals surface area contributed by atoms with E-state index >= 15 is 0 Å². The molecule has 0 aliphatic carbocycles. The molecule has 0 fully saturated rings. The molecule has 0 bridgehead atoms. The minimum absolute atomic E-state index is 0.0467. The summed E-state index contributed by atoms with van der Waals surface area (Å²) in [6.45, 7) is 4.91. The Labute approximate surface area is 174 Å². The summed E-state index contributed by atoms with van der Waals surface area (Å²) in [5, 5.41) is 6.33. The Kier molecular flexibility index (Phi) is 8.68. The molecule has 2 aromatic carbocycles. The highest BCUT2D eigenvalue weighted by Gasteiger charge is 2.09. The molecule has 0 radical (unpaired) electrons. The number of likely N-dealkylation sites (N-methyl/N-ethyl adjacent to an activating group) is 1. The lowest BCUT2D eigenvalue weighted by Gasteiger charge is -2.22. The van der Waals surface area contributed by atoms with Crippen molar-refractivity contribution in [2.45, 2.75) is 20.0 Å². The predicted octanol–water partition coefficient (Wildman–Crippen LogP) is 2.49. The molecule has 0 aromatic heterocycles. The fraction of sp³-hybridized carbons (Fsp3) is 0.391. The van der Waals surface area contributed by atoms with E-state index in [4.69, 9.17) is 0 Å². The smallest absolute Gasteiger partial charge is 0.251 e. The maximum Gasteiger partial charge on any atom is 0.251 e. The molecule has 0 unspecified atom stereocenters. The zero-order chi connectivity index (χ0) is 21.2. The van der Waals surface area contributed by atoms with Gasteiger partial charge in [-0.1, -0.05) is 42.0 Å². The van der Waals surface area contributed by atoms with E-state index in [1.165, 1.54) is 11.1 Å². The van der Waals surface area contributed by atoms with Gasteiger partial charge in [0.15, 0.2) is 5.96 Å². The Bertz CT molecular complexity index is 814. The largest absolute Gasteiger partial charge is 0.352 e. The van der Waals surface area contributed by atoms with Gasteiger partial charge < -0.3 is 20.4 Å². The third-order valence-electron chi connectivity index (χ3n) is 4.60. The number of nitrogens with zero attached hydrogens (tertiary/aromatic N) is 3. The lowest BCUT2D eigenvalue weighted by Crippen LogP contribution is -2.38. The first-order chi connectivity index (χ1) is 13.9. The summed E-state index contributed by atoms with van der Waals surface area (Å²) in [7, 11) is 7.77. The Morgan fingerprint density at radius 1 is 1.00 bits per heavy atom. The molecule has 0 saturated carbocycles. The molecule has 0 aliphatic rings. The number of carbonyl (C=O) groups excluding carboxylic acids is 1. The van der Waals surface area contributed by atoms with Crippen molar-refractivity contribution in [2.75, 3.05) is 41.3 Å². The van der Waals surface area contributed by atoms with Gasteiger partial charge in [-0.2, -0.15) is 0 Å². The molecule has 0 aliphatic heterocycles. The van der Waals surface area contributed by atoms with Gasteiger partial charge in [0.2, 0.25) is 0 Å². The summed E-state index contributed by atoms with van der Waals surface area (Å²) in [6, 6.07) is 16.2. The number of carbonyl (C=O) groups is 1. The van der Waals surface area contributed by atoms with E-state index in [0.717, 1.165) is 24.6 Å². The van der Waals surface area contributed by atoms with Crippen LogP contribution >= 0.6 is 0 Å². The molecule has 2 N–H and O–H groups in total. The maximum absolute atomic E-state index is 12.3. The predicted molar refractivity (Wildman–Crippen MR) is 120 cm³/mol. The summed E-state index contributed by atoms with van der Waals surface area (Å²) in [4.78, 5) is 20.8. The zero-order valence-corrected chi connectivity index (χ0v) is 18.2. The summed E-state index contributed by atoms with van der Waals surface area (Å²) in [5.74, 6) is 0.765. The van der Waals surface area contributed by atoms with E-state index in [0.29, 0.717) is 18.7 Å². The van der Waals surface area contributed by atoms with Gasteiger partial charge in [-0.05, 0) is 44.3 Å². The number of aliphatic imine (C=N–C) groups is 1. The van der Waals surface area contributed by atoms with Crippen molar-refractivity contribution in [2.24, 2.45) is 4.99 Å². The van der Waals surface area contributed by atoms with Crippen molar-refractivity contribution in [3.05, 3.63) is 70.8 Å². The van der Waals surface area contributed by atoms with Crippen LogP contribution in [0, 0.1) is 6.92 Å². The van der Waals surface area contributed by atoms with Crippen LogP contribution in [0.5, 0.6) is 0 Å². The highest BCUT2D eigenvalue weighted by Crippen LogP contribution is 2.08. The molecule has 2 aromatic rings. The van der Waals surface area contributed by atoms with Gasteiger partial charge in [0.05, 0.1) is 0 Å². The summed E-state index contributed by atoms with van der Waals surface area (Å²) >= 11 is 0. The number of hydrogen-bond acceptors (Lipinski definition) is 3. The fourth-order valence-corrected chi connectivity index (χ4v) is 2.93. The number of guanidine groups is 1. The average molecular weight is 396 g/mol. The molecular formula is C23H33N5O. The lowest BCUT2D eigenvalue weighted by atomic mass is 10.1. The minimum Gasteiger partial charge on any atom is -0.352 e. The van der Waals surface area contributed by atoms with E-state index in [1.54, 1.807) is 7.05 Å². The molecular weight excluding hydrogens is 362 g/mol. The molecule has 6 heteroatoms. The summed E-state index contributed by atoms with van der Waals surface area (Å²) in [6.07, 6.45) is 0. The monoisotopic (exact) mass is 395 g/mol. The van der Waals surface area contributed by atoms with Gasteiger partial charge in [0.1, 0.15) is 0 Å². The molecule has 2 rings (SSSR count). The second kappa shape index (κ2) is 11.2. The van der Waals surface area contributed by atoms with Crippen molar-refractivity contribution in [3.8, 4) is 0 Å². The number of hydrogen-bond donors (Lipinski definition) is 2. The van der Waals surface area contributed by atoms with Crippen LogP contribution in [-0.4, -0.2) is 62.9 Å². The summed E-state index contributed by atoms with van der Waals surface area (Å²) in [5.41, 5.74) is 4.20. The Morgan fingerprint density at radius 2 is 1.72 bits per heavy atom. The van der Waals surface area contributed by atoms with Gasteiger partial charge in [-0.15, -0.1) is 0 Å². The molecule has 0 heterocycles. The zero-order valence-electron chi connectivity index (χ0n) is 18.2. The lowest BCUT2D eigenvalue weighted by molar-refractivity contribution is 0.0951. The summed E-state index contributed by atoms with van der Waals surface area (Å²) < 4.78 is 0. The van der Waals surface area contributed by atoms with Crippen molar-refractivity contribution >= 4 is 11.9 Å². The minimum atomic E-state index is -0.0467. The van der Waals surface area contributed by atoms with E-state index in [9.17, 15) is 4.79 Å². The SMILES string of the molecule is CN=C(NCc1cccc(C(=O)NCCN(C)C)c1)N(C)Cc1ccc(C)cc1. The molecule has 6 nitrogen and oxygen atoms in total. The Balaban J connectivity index is 1.91. The Hall–Kier alpha value is -2.86. The van der Waals surface area contributed by atoms with Crippen LogP contribution in [0.4, 0.5) is 0 Å². The first-order valence-corrected chi connectivity index (χ1v) is 9.88. The average Bonchev–Trinajstić information content (AvgIpc) is 2.70. The van der Waals surface area contributed by atoms with Gasteiger partial charge in [0, 0.05) is 45.8 Å². The highest BCUT2D eigenvalue weighted by molar-refractivity contribution is 5.94. The highest BCUT2D eigenvalue weighted by atomic mass is 16.1.